The van der Waals surface area contributed by atoms with E-state index in [0.717, 1.165) is 35.2 Å². The minimum absolute atomic E-state index is 0.111. The topological polar surface area (TPSA) is 69.0 Å². The summed E-state index contributed by atoms with van der Waals surface area (Å²) in [6.45, 7) is 6.29. The number of hydrogen-bond donors (Lipinski definition) is 1. The number of benzene rings is 2. The van der Waals surface area contributed by atoms with Crippen LogP contribution < -0.4 is 10.2 Å². The molecule has 4 rings (SSSR count). The van der Waals surface area contributed by atoms with Crippen LogP contribution in [0.3, 0.4) is 0 Å². The van der Waals surface area contributed by atoms with Crippen LogP contribution in [0.2, 0.25) is 0 Å². The van der Waals surface area contributed by atoms with E-state index in [1.165, 1.54) is 35.9 Å². The number of rotatable bonds is 5. The van der Waals surface area contributed by atoms with Crippen LogP contribution in [0.1, 0.15) is 29.5 Å². The van der Waals surface area contributed by atoms with Gasteiger partial charge in [0.25, 0.3) is 0 Å². The van der Waals surface area contributed by atoms with Crippen molar-refractivity contribution in [2.24, 2.45) is 0 Å². The number of nitriles is 1. The number of fused-ring (bicyclic) bond motifs is 1. The second kappa shape index (κ2) is 8.76. The number of anilines is 2. The van der Waals surface area contributed by atoms with Crippen LogP contribution in [-0.4, -0.2) is 29.7 Å². The van der Waals surface area contributed by atoms with E-state index in [1.54, 1.807) is 0 Å². The Hall–Kier alpha value is -3.04. The lowest BCUT2D eigenvalue weighted by Gasteiger charge is -2.17. The summed E-state index contributed by atoms with van der Waals surface area (Å²) in [6, 6.07) is 16.1. The van der Waals surface area contributed by atoms with Crippen molar-refractivity contribution in [2.45, 2.75) is 31.7 Å². The van der Waals surface area contributed by atoms with Crippen LogP contribution >= 0.6 is 11.8 Å². The van der Waals surface area contributed by atoms with Crippen molar-refractivity contribution >= 4 is 39.9 Å². The molecule has 1 aromatic heterocycles. The summed E-state index contributed by atoms with van der Waals surface area (Å²) < 4.78 is 0. The van der Waals surface area contributed by atoms with E-state index < -0.39 is 0 Å². The number of pyridine rings is 1. The van der Waals surface area contributed by atoms with Crippen LogP contribution in [0.25, 0.3) is 10.9 Å². The molecule has 0 spiro atoms. The number of amides is 1. The largest absolute Gasteiger partial charge is 0.372 e. The Morgan fingerprint density at radius 1 is 1.13 bits per heavy atom. The Kier molecular flexibility index (Phi) is 5.91. The molecule has 1 N–H and O–H groups in total. The third kappa shape index (κ3) is 4.42. The van der Waals surface area contributed by atoms with Gasteiger partial charge in [0.2, 0.25) is 5.91 Å². The number of aryl methyl sites for hydroxylation is 2. The van der Waals surface area contributed by atoms with Crippen molar-refractivity contribution in [1.29, 1.82) is 5.26 Å². The zero-order chi connectivity index (χ0) is 21.1. The number of nitrogens with one attached hydrogen (secondary N) is 1. The molecule has 0 bridgehead atoms. The minimum atomic E-state index is -0.111. The van der Waals surface area contributed by atoms with Crippen molar-refractivity contribution in [1.82, 2.24) is 4.98 Å². The van der Waals surface area contributed by atoms with Crippen molar-refractivity contribution in [3.8, 4) is 6.07 Å². The molecule has 5 nitrogen and oxygen atoms in total. The molecule has 0 atom stereocenters. The highest BCUT2D eigenvalue weighted by Gasteiger charge is 2.13. The Morgan fingerprint density at radius 3 is 2.53 bits per heavy atom. The fourth-order valence-electron chi connectivity index (χ4n) is 3.67. The maximum Gasteiger partial charge on any atom is 0.234 e. The number of thioether (sulfide) groups is 1. The van der Waals surface area contributed by atoms with E-state index in [2.05, 4.69) is 33.4 Å². The molecule has 152 valence electrons. The van der Waals surface area contributed by atoms with Crippen molar-refractivity contribution in [3.63, 3.8) is 0 Å². The van der Waals surface area contributed by atoms with Crippen molar-refractivity contribution in [2.75, 3.05) is 29.1 Å². The number of carbonyl (C=O) groups excluding carboxylic acids is 1. The first-order valence-electron chi connectivity index (χ1n) is 10.1. The molecule has 0 aliphatic carbocycles. The standard InChI is InChI=1S/C24H24N4OS/c1-16-11-18-13-19(14-25)24(27-22(18)12-17(16)2)30-15-23(29)26-20-5-7-21(8-6-20)28-9-3-4-10-28/h5-8,11-13H,3-4,9-10,15H2,1-2H3,(H,26,29). The van der Waals surface area contributed by atoms with E-state index in [4.69, 9.17) is 0 Å². The van der Waals surface area contributed by atoms with Crippen LogP contribution in [0.5, 0.6) is 0 Å². The first-order chi connectivity index (χ1) is 14.5. The van der Waals surface area contributed by atoms with Gasteiger partial charge in [-0.2, -0.15) is 5.26 Å². The molecule has 1 saturated heterocycles. The summed E-state index contributed by atoms with van der Waals surface area (Å²) in [7, 11) is 0. The summed E-state index contributed by atoms with van der Waals surface area (Å²) in [5, 5.41) is 14.0. The van der Waals surface area contributed by atoms with Gasteiger partial charge in [0.05, 0.1) is 16.8 Å². The second-order valence-electron chi connectivity index (χ2n) is 7.66. The summed E-state index contributed by atoms with van der Waals surface area (Å²) in [4.78, 5) is 19.4. The third-order valence-corrected chi connectivity index (χ3v) is 6.47. The van der Waals surface area contributed by atoms with Crippen LogP contribution in [-0.2, 0) is 4.79 Å². The van der Waals surface area contributed by atoms with Gasteiger partial charge in [-0.05, 0) is 80.3 Å². The molecule has 1 amide bonds. The van der Waals surface area contributed by atoms with Gasteiger partial charge in [-0.1, -0.05) is 11.8 Å². The van der Waals surface area contributed by atoms with Gasteiger partial charge in [0, 0.05) is 29.9 Å². The van der Waals surface area contributed by atoms with E-state index in [1.807, 2.05) is 44.2 Å². The first-order valence-corrected chi connectivity index (χ1v) is 11.1. The highest BCUT2D eigenvalue weighted by Crippen LogP contribution is 2.27. The highest BCUT2D eigenvalue weighted by atomic mass is 32.2. The molecule has 2 heterocycles. The molecular weight excluding hydrogens is 392 g/mol. The number of hydrogen-bond acceptors (Lipinski definition) is 5. The summed E-state index contributed by atoms with van der Waals surface area (Å²) in [5.74, 6) is 0.0890. The summed E-state index contributed by atoms with van der Waals surface area (Å²) in [5.41, 5.74) is 5.65. The first kappa shape index (κ1) is 20.2. The van der Waals surface area contributed by atoms with Gasteiger partial charge in [-0.25, -0.2) is 4.98 Å². The SMILES string of the molecule is Cc1cc2cc(C#N)c(SCC(=O)Nc3ccc(N4CCCC4)cc3)nc2cc1C. The zero-order valence-electron chi connectivity index (χ0n) is 17.2. The van der Waals surface area contributed by atoms with Crippen LogP contribution in [0, 0.1) is 25.2 Å². The summed E-state index contributed by atoms with van der Waals surface area (Å²) in [6.07, 6.45) is 2.48. The molecule has 1 aliphatic heterocycles. The van der Waals surface area contributed by atoms with Gasteiger partial charge < -0.3 is 10.2 Å². The van der Waals surface area contributed by atoms with E-state index in [-0.39, 0.29) is 11.7 Å². The predicted octanol–water partition coefficient (Wildman–Crippen LogP) is 5.05. The molecule has 0 radical (unpaired) electrons. The van der Waals surface area contributed by atoms with Gasteiger partial charge >= 0.3 is 0 Å². The number of aromatic nitrogens is 1. The molecular formula is C24H24N4OS. The molecule has 30 heavy (non-hydrogen) atoms. The monoisotopic (exact) mass is 416 g/mol. The average molecular weight is 417 g/mol. The molecule has 2 aromatic carbocycles. The molecule has 0 unspecified atom stereocenters. The maximum atomic E-state index is 12.4. The van der Waals surface area contributed by atoms with Crippen molar-refractivity contribution in [3.05, 3.63) is 59.2 Å². The second-order valence-corrected chi connectivity index (χ2v) is 8.62. The Balaban J connectivity index is 1.42. The third-order valence-electron chi connectivity index (χ3n) is 5.48. The number of carbonyl (C=O) groups is 1. The van der Waals surface area contributed by atoms with E-state index in [0.29, 0.717) is 10.6 Å². The van der Waals surface area contributed by atoms with Crippen LogP contribution in [0.15, 0.2) is 47.5 Å². The Bertz CT molecular complexity index is 1130. The fourth-order valence-corrected chi connectivity index (χ4v) is 4.44. The van der Waals surface area contributed by atoms with Gasteiger partial charge in [-0.15, -0.1) is 0 Å². The Labute approximate surface area is 181 Å². The van der Waals surface area contributed by atoms with Gasteiger partial charge in [0.1, 0.15) is 11.1 Å². The predicted molar refractivity (Wildman–Crippen MR) is 123 cm³/mol. The van der Waals surface area contributed by atoms with Gasteiger partial charge in [-0.3, -0.25) is 4.79 Å². The molecule has 1 fully saturated rings. The molecule has 1 aliphatic rings. The highest BCUT2D eigenvalue weighted by molar-refractivity contribution is 8.00. The fraction of sp³-hybridized carbons (Fsp3) is 0.292. The normalized spacial score (nSPS) is 13.4. The average Bonchev–Trinajstić information content (AvgIpc) is 3.28. The smallest absolute Gasteiger partial charge is 0.234 e. The van der Waals surface area contributed by atoms with E-state index in [9.17, 15) is 10.1 Å². The Morgan fingerprint density at radius 2 is 1.83 bits per heavy atom. The number of nitrogens with zero attached hydrogens (tertiary/aromatic N) is 3. The zero-order valence-corrected chi connectivity index (χ0v) is 18.1. The van der Waals surface area contributed by atoms with E-state index >= 15 is 0 Å². The maximum absolute atomic E-state index is 12.4. The van der Waals surface area contributed by atoms with Gasteiger partial charge in [0.15, 0.2) is 0 Å². The van der Waals surface area contributed by atoms with Crippen LogP contribution in [0.4, 0.5) is 11.4 Å². The van der Waals surface area contributed by atoms with Crippen molar-refractivity contribution < 1.29 is 4.79 Å². The lowest BCUT2D eigenvalue weighted by molar-refractivity contribution is -0.113. The molecule has 0 saturated carbocycles. The lowest BCUT2D eigenvalue weighted by atomic mass is 10.1. The molecule has 6 heteroatoms. The molecule has 3 aromatic rings. The lowest BCUT2D eigenvalue weighted by Crippen LogP contribution is -2.18. The minimum Gasteiger partial charge on any atom is -0.372 e. The quantitative estimate of drug-likeness (QED) is 0.589. The summed E-state index contributed by atoms with van der Waals surface area (Å²) >= 11 is 1.29.